The zero-order valence-electron chi connectivity index (χ0n) is 10.6. The highest BCUT2D eigenvalue weighted by Gasteiger charge is 2.12. The molecule has 0 radical (unpaired) electrons. The number of carbonyl (C=O) groups is 1. The maximum absolute atomic E-state index is 13.1. The second kappa shape index (κ2) is 6.13. The smallest absolute Gasteiger partial charge is 0.167 e. The molecule has 20 heavy (non-hydrogen) atoms. The zero-order valence-corrected chi connectivity index (χ0v) is 12.2. The number of rotatable bonds is 4. The third-order valence-corrected chi connectivity index (χ3v) is 3.56. The highest BCUT2D eigenvalue weighted by molar-refractivity contribution is 9.10. The molecule has 0 N–H and O–H groups in total. The molecule has 0 unspecified atom stereocenters. The van der Waals surface area contributed by atoms with E-state index < -0.39 is 11.6 Å². The minimum atomic E-state index is -0.766. The van der Waals surface area contributed by atoms with Gasteiger partial charge in [-0.1, -0.05) is 15.9 Å². The van der Waals surface area contributed by atoms with Gasteiger partial charge in [0.2, 0.25) is 0 Å². The first kappa shape index (κ1) is 14.7. The fourth-order valence-electron chi connectivity index (χ4n) is 1.80. The van der Waals surface area contributed by atoms with Gasteiger partial charge in [-0.15, -0.1) is 0 Å². The molecule has 0 amide bonds. The number of ether oxygens (including phenoxy) is 1. The molecular formula is C15H11BrF2O2. The van der Waals surface area contributed by atoms with Gasteiger partial charge >= 0.3 is 0 Å². The largest absolute Gasteiger partial charge is 0.497 e. The molecule has 0 bridgehead atoms. The topological polar surface area (TPSA) is 26.3 Å². The second-order valence-electron chi connectivity index (χ2n) is 4.22. The van der Waals surface area contributed by atoms with E-state index in [2.05, 4.69) is 15.9 Å². The van der Waals surface area contributed by atoms with Crippen molar-refractivity contribution < 1.29 is 18.3 Å². The van der Waals surface area contributed by atoms with Crippen molar-refractivity contribution in [2.75, 3.05) is 7.11 Å². The third-order valence-electron chi connectivity index (χ3n) is 2.79. The number of Topliss-reactive ketones (excluding diaryl/α,β-unsaturated/α-hetero) is 1. The summed E-state index contributed by atoms with van der Waals surface area (Å²) >= 11 is 3.33. The molecule has 0 aromatic heterocycles. The van der Waals surface area contributed by atoms with E-state index in [1.54, 1.807) is 18.2 Å². The first-order valence-corrected chi connectivity index (χ1v) is 6.60. The van der Waals surface area contributed by atoms with Gasteiger partial charge in [0.1, 0.15) is 17.4 Å². The standard InChI is InChI=1S/C15H11BrF2O2/c1-20-13-2-3-14(16)9(6-13)7-15(19)10-4-11(17)8-12(18)5-10/h2-6,8H,7H2,1H3. The van der Waals surface area contributed by atoms with E-state index in [-0.39, 0.29) is 17.8 Å². The third kappa shape index (κ3) is 3.42. The number of methoxy groups -OCH3 is 1. The molecule has 5 heteroatoms. The van der Waals surface area contributed by atoms with Gasteiger partial charge in [0.05, 0.1) is 7.11 Å². The highest BCUT2D eigenvalue weighted by Crippen LogP contribution is 2.24. The van der Waals surface area contributed by atoms with Crippen molar-refractivity contribution >= 4 is 21.7 Å². The monoisotopic (exact) mass is 340 g/mol. The van der Waals surface area contributed by atoms with Gasteiger partial charge in [0.25, 0.3) is 0 Å². The van der Waals surface area contributed by atoms with Crippen LogP contribution in [0.2, 0.25) is 0 Å². The van der Waals surface area contributed by atoms with Gasteiger partial charge in [-0.25, -0.2) is 8.78 Å². The Labute approximate surface area is 123 Å². The number of halogens is 3. The molecule has 0 spiro atoms. The van der Waals surface area contributed by atoms with Gasteiger partial charge < -0.3 is 4.74 Å². The number of carbonyl (C=O) groups excluding carboxylic acids is 1. The van der Waals surface area contributed by atoms with Crippen molar-refractivity contribution in [1.29, 1.82) is 0 Å². The molecular weight excluding hydrogens is 330 g/mol. The van der Waals surface area contributed by atoms with Crippen LogP contribution in [0.25, 0.3) is 0 Å². The number of ketones is 1. The molecule has 0 aliphatic heterocycles. The fourth-order valence-corrected chi connectivity index (χ4v) is 2.19. The van der Waals surface area contributed by atoms with Crippen LogP contribution in [0.15, 0.2) is 40.9 Å². The van der Waals surface area contributed by atoms with Crippen molar-refractivity contribution in [1.82, 2.24) is 0 Å². The summed E-state index contributed by atoms with van der Waals surface area (Å²) in [6.07, 6.45) is 0.0284. The van der Waals surface area contributed by atoms with E-state index in [4.69, 9.17) is 4.74 Å². The highest BCUT2D eigenvalue weighted by atomic mass is 79.9. The zero-order chi connectivity index (χ0) is 14.7. The van der Waals surface area contributed by atoms with Crippen LogP contribution < -0.4 is 4.74 Å². The summed E-state index contributed by atoms with van der Waals surface area (Å²) in [4.78, 5) is 12.1. The first-order chi connectivity index (χ1) is 9.49. The van der Waals surface area contributed by atoms with Crippen molar-refractivity contribution in [2.24, 2.45) is 0 Å². The maximum atomic E-state index is 13.1. The Morgan fingerprint density at radius 1 is 1.15 bits per heavy atom. The SMILES string of the molecule is COc1ccc(Br)c(CC(=O)c2cc(F)cc(F)c2)c1. The lowest BCUT2D eigenvalue weighted by atomic mass is 10.0. The van der Waals surface area contributed by atoms with Crippen LogP contribution >= 0.6 is 15.9 Å². The van der Waals surface area contributed by atoms with Crippen molar-refractivity contribution in [2.45, 2.75) is 6.42 Å². The molecule has 0 saturated heterocycles. The van der Waals surface area contributed by atoms with Crippen LogP contribution in [0, 0.1) is 11.6 Å². The molecule has 0 fully saturated rings. The van der Waals surface area contributed by atoms with E-state index in [0.717, 1.165) is 22.7 Å². The molecule has 2 nitrogen and oxygen atoms in total. The van der Waals surface area contributed by atoms with Crippen LogP contribution in [-0.4, -0.2) is 12.9 Å². The minimum Gasteiger partial charge on any atom is -0.497 e. The van der Waals surface area contributed by atoms with Gasteiger partial charge in [-0.2, -0.15) is 0 Å². The number of hydrogen-bond acceptors (Lipinski definition) is 2. The van der Waals surface area contributed by atoms with E-state index in [1.165, 1.54) is 7.11 Å². The Hall–Kier alpha value is -1.75. The van der Waals surface area contributed by atoms with Gasteiger partial charge in [0.15, 0.2) is 5.78 Å². The Bertz CT molecular complexity index is 636. The van der Waals surface area contributed by atoms with Crippen LogP contribution in [0.5, 0.6) is 5.75 Å². The molecule has 104 valence electrons. The van der Waals surface area contributed by atoms with Crippen LogP contribution in [0.4, 0.5) is 8.78 Å². The molecule has 2 aromatic rings. The molecule has 2 aromatic carbocycles. The molecule has 0 aliphatic carbocycles. The fraction of sp³-hybridized carbons (Fsp3) is 0.133. The summed E-state index contributed by atoms with van der Waals surface area (Å²) in [6, 6.07) is 8.00. The Balaban J connectivity index is 2.27. The van der Waals surface area contributed by atoms with E-state index in [9.17, 15) is 13.6 Å². The molecule has 0 saturated carbocycles. The summed E-state index contributed by atoms with van der Waals surface area (Å²) in [5, 5.41) is 0. The van der Waals surface area contributed by atoms with Gasteiger partial charge in [-0.3, -0.25) is 4.79 Å². The lowest BCUT2D eigenvalue weighted by Crippen LogP contribution is -2.05. The van der Waals surface area contributed by atoms with E-state index in [0.29, 0.717) is 11.3 Å². The summed E-state index contributed by atoms with van der Waals surface area (Å²) in [5.74, 6) is -1.28. The van der Waals surface area contributed by atoms with Crippen LogP contribution in [0.3, 0.4) is 0 Å². The average Bonchev–Trinajstić information content (AvgIpc) is 2.40. The maximum Gasteiger partial charge on any atom is 0.167 e. The van der Waals surface area contributed by atoms with Crippen molar-refractivity contribution in [3.05, 3.63) is 63.6 Å². The van der Waals surface area contributed by atoms with E-state index in [1.807, 2.05) is 0 Å². The molecule has 0 heterocycles. The second-order valence-corrected chi connectivity index (χ2v) is 5.07. The van der Waals surface area contributed by atoms with Crippen LogP contribution in [0.1, 0.15) is 15.9 Å². The normalized spacial score (nSPS) is 10.4. The van der Waals surface area contributed by atoms with Gasteiger partial charge in [-0.05, 0) is 35.9 Å². The molecule has 0 atom stereocenters. The summed E-state index contributed by atoms with van der Waals surface area (Å²) in [6.45, 7) is 0. The lowest BCUT2D eigenvalue weighted by molar-refractivity contribution is 0.0992. The molecule has 2 rings (SSSR count). The Kier molecular flexibility index (Phi) is 4.49. The number of hydrogen-bond donors (Lipinski definition) is 0. The van der Waals surface area contributed by atoms with Crippen LogP contribution in [-0.2, 0) is 6.42 Å². The predicted octanol–water partition coefficient (Wildman–Crippen LogP) is 4.16. The minimum absolute atomic E-state index is 0.0113. The summed E-state index contributed by atoms with van der Waals surface area (Å²) < 4.78 is 32.0. The van der Waals surface area contributed by atoms with Crippen molar-refractivity contribution in [3.8, 4) is 5.75 Å². The average molecular weight is 341 g/mol. The van der Waals surface area contributed by atoms with E-state index >= 15 is 0 Å². The lowest BCUT2D eigenvalue weighted by Gasteiger charge is -2.07. The quantitative estimate of drug-likeness (QED) is 0.781. The summed E-state index contributed by atoms with van der Waals surface area (Å²) in [7, 11) is 1.52. The Morgan fingerprint density at radius 3 is 2.40 bits per heavy atom. The van der Waals surface area contributed by atoms with Crippen molar-refractivity contribution in [3.63, 3.8) is 0 Å². The Morgan fingerprint density at radius 2 is 1.80 bits per heavy atom. The predicted molar refractivity (Wildman–Crippen MR) is 75.1 cm³/mol. The summed E-state index contributed by atoms with van der Waals surface area (Å²) in [5.41, 5.74) is 0.705. The van der Waals surface area contributed by atoms with Gasteiger partial charge in [0, 0.05) is 22.5 Å². The molecule has 0 aliphatic rings. The first-order valence-electron chi connectivity index (χ1n) is 5.81. The number of benzene rings is 2.